The zero-order chi connectivity index (χ0) is 20.4. The van der Waals surface area contributed by atoms with Gasteiger partial charge in [-0.05, 0) is 31.4 Å². The summed E-state index contributed by atoms with van der Waals surface area (Å²) in [4.78, 5) is 9.27. The molecule has 152 valence electrons. The third kappa shape index (κ3) is 5.80. The predicted octanol–water partition coefficient (Wildman–Crippen LogP) is 5.17. The second-order valence-electron chi connectivity index (χ2n) is 6.78. The van der Waals surface area contributed by atoms with E-state index in [1.807, 2.05) is 32.9 Å². The zero-order valence-electron chi connectivity index (χ0n) is 17.7. The summed E-state index contributed by atoms with van der Waals surface area (Å²) in [5, 5.41) is 13.0. The van der Waals surface area contributed by atoms with Gasteiger partial charge in [-0.2, -0.15) is 0 Å². The van der Waals surface area contributed by atoms with Crippen LogP contribution < -0.4 is 5.32 Å². The van der Waals surface area contributed by atoms with Crippen LogP contribution in [0.5, 0.6) is 0 Å². The van der Waals surface area contributed by atoms with Gasteiger partial charge in [0.15, 0.2) is 5.82 Å². The summed E-state index contributed by atoms with van der Waals surface area (Å²) >= 11 is 0. The van der Waals surface area contributed by atoms with Crippen LogP contribution in [0.2, 0.25) is 0 Å². The van der Waals surface area contributed by atoms with E-state index in [4.69, 9.17) is 0 Å². The molecule has 1 atom stereocenters. The van der Waals surface area contributed by atoms with Crippen molar-refractivity contribution in [1.29, 1.82) is 0 Å². The molecule has 0 unspecified atom stereocenters. The van der Waals surface area contributed by atoms with E-state index in [2.05, 4.69) is 57.2 Å². The topological polar surface area (TPSA) is 63.0 Å². The molecule has 0 spiro atoms. The van der Waals surface area contributed by atoms with Crippen molar-refractivity contribution < 1.29 is 5.11 Å². The van der Waals surface area contributed by atoms with Crippen molar-refractivity contribution in [2.24, 2.45) is 0 Å². The maximum atomic E-state index is 9.41. The van der Waals surface area contributed by atoms with E-state index in [1.165, 1.54) is 5.56 Å². The van der Waals surface area contributed by atoms with Gasteiger partial charge in [0.05, 0.1) is 5.52 Å². The number of aromatic nitrogens is 3. The molecule has 2 aromatic heterocycles. The van der Waals surface area contributed by atoms with Gasteiger partial charge in [-0.15, -0.1) is 0 Å². The predicted molar refractivity (Wildman–Crippen MR) is 118 cm³/mol. The Hall–Kier alpha value is -2.40. The minimum Gasteiger partial charge on any atom is -0.396 e. The van der Waals surface area contributed by atoms with Gasteiger partial charge >= 0.3 is 0 Å². The van der Waals surface area contributed by atoms with E-state index in [9.17, 15) is 5.11 Å². The summed E-state index contributed by atoms with van der Waals surface area (Å²) in [6.07, 6.45) is 6.11. The zero-order valence-corrected chi connectivity index (χ0v) is 17.7. The van der Waals surface area contributed by atoms with Gasteiger partial charge in [-0.25, -0.2) is 9.97 Å². The molecule has 0 radical (unpaired) electrons. The summed E-state index contributed by atoms with van der Waals surface area (Å²) in [6.45, 7) is 9.07. The lowest BCUT2D eigenvalue weighted by molar-refractivity contribution is 0.276. The quantitative estimate of drug-likeness (QED) is 0.536. The Bertz CT molecular complexity index is 829. The third-order valence-electron chi connectivity index (χ3n) is 4.64. The molecule has 0 aliphatic carbocycles. The Kier molecular flexibility index (Phi) is 8.95. The van der Waals surface area contributed by atoms with Crippen molar-refractivity contribution in [2.45, 2.75) is 66.0 Å². The van der Waals surface area contributed by atoms with Gasteiger partial charge in [0, 0.05) is 25.4 Å². The third-order valence-corrected chi connectivity index (χ3v) is 4.64. The lowest BCUT2D eigenvalue weighted by Gasteiger charge is -2.20. The van der Waals surface area contributed by atoms with Gasteiger partial charge in [-0.3, -0.25) is 0 Å². The smallest absolute Gasteiger partial charge is 0.154 e. The monoisotopic (exact) mass is 382 g/mol. The summed E-state index contributed by atoms with van der Waals surface area (Å²) in [5.41, 5.74) is 3.22. The first-order valence-electron chi connectivity index (χ1n) is 10.5. The first-order valence-corrected chi connectivity index (χ1v) is 10.5. The number of anilines is 1. The lowest BCUT2D eigenvalue weighted by atomic mass is 10.1. The minimum atomic E-state index is 0.180. The Morgan fingerprint density at radius 1 is 1.07 bits per heavy atom. The second kappa shape index (κ2) is 11.4. The molecule has 2 N–H and O–H groups in total. The number of aliphatic hydroxyl groups is 1. The number of nitrogens with one attached hydrogen (secondary N) is 1. The molecule has 0 amide bonds. The molecule has 1 aromatic carbocycles. The first-order chi connectivity index (χ1) is 13.7. The van der Waals surface area contributed by atoms with Crippen LogP contribution >= 0.6 is 0 Å². The number of unbranched alkanes of at least 4 members (excludes halogenated alkanes) is 1. The lowest BCUT2D eigenvalue weighted by Crippen LogP contribution is -2.22. The molecular formula is C23H34N4O. The number of fused-ring (bicyclic) bond motifs is 1. The molecular weight excluding hydrogens is 348 g/mol. The molecule has 0 saturated carbocycles. The maximum absolute atomic E-state index is 9.41. The number of hydrogen-bond acceptors (Lipinski definition) is 4. The number of benzene rings is 1. The molecule has 5 nitrogen and oxygen atoms in total. The van der Waals surface area contributed by atoms with Crippen molar-refractivity contribution in [3.63, 3.8) is 0 Å². The first kappa shape index (κ1) is 21.9. The van der Waals surface area contributed by atoms with E-state index in [1.54, 1.807) is 0 Å². The Morgan fingerprint density at radius 2 is 1.82 bits per heavy atom. The van der Waals surface area contributed by atoms with Crippen LogP contribution in [0.15, 0.2) is 42.6 Å². The molecule has 0 aliphatic rings. The van der Waals surface area contributed by atoms with Crippen LogP contribution in [0.4, 0.5) is 5.82 Å². The number of aryl methyl sites for hydroxylation is 1. The fourth-order valence-corrected chi connectivity index (χ4v) is 3.32. The highest BCUT2D eigenvalue weighted by molar-refractivity contribution is 5.86. The van der Waals surface area contributed by atoms with Crippen molar-refractivity contribution >= 4 is 16.9 Å². The van der Waals surface area contributed by atoms with E-state index >= 15 is 0 Å². The van der Waals surface area contributed by atoms with Crippen molar-refractivity contribution in [3.05, 3.63) is 54.0 Å². The number of nitrogens with zero attached hydrogens (tertiary/aromatic N) is 3. The molecule has 3 aromatic rings. The molecule has 2 heterocycles. The highest BCUT2D eigenvalue weighted by atomic mass is 16.3. The molecule has 3 rings (SSSR count). The normalized spacial score (nSPS) is 11.8. The van der Waals surface area contributed by atoms with Gasteiger partial charge in [0.1, 0.15) is 11.3 Å². The molecule has 0 fully saturated rings. The van der Waals surface area contributed by atoms with Gasteiger partial charge < -0.3 is 15.0 Å². The van der Waals surface area contributed by atoms with Gasteiger partial charge in [-0.1, -0.05) is 63.9 Å². The summed E-state index contributed by atoms with van der Waals surface area (Å²) in [6, 6.07) is 12.7. The number of rotatable bonds is 9. The standard InChI is InChI=1S/C21H28N4O.C2H6/c1-3-4-10-18(12-14-26)24-21-20-19(22-16(2)23-21)11-13-25(20)15-17-8-6-5-7-9-17;1-2/h5-9,11,13,18,26H,3-4,10,12,14-15H2,1-2H3,(H,22,23,24);1-2H3/t18-;/m0./s1. The van der Waals surface area contributed by atoms with Gasteiger partial charge in [0.25, 0.3) is 0 Å². The Labute approximate surface area is 168 Å². The van der Waals surface area contributed by atoms with Crippen molar-refractivity contribution in [1.82, 2.24) is 14.5 Å². The SMILES string of the molecule is CC.CCCC[C@@H](CCO)Nc1nc(C)nc2ccn(Cc3ccccc3)c12. The van der Waals surface area contributed by atoms with E-state index in [0.29, 0.717) is 0 Å². The average molecular weight is 383 g/mol. The van der Waals surface area contributed by atoms with Crippen LogP contribution in [0.3, 0.4) is 0 Å². The fraction of sp³-hybridized carbons (Fsp3) is 0.478. The molecule has 0 aliphatic heterocycles. The van der Waals surface area contributed by atoms with E-state index in [-0.39, 0.29) is 12.6 Å². The summed E-state index contributed by atoms with van der Waals surface area (Å²) < 4.78 is 2.20. The van der Waals surface area contributed by atoms with E-state index < -0.39 is 0 Å². The van der Waals surface area contributed by atoms with Crippen LogP contribution in [0.25, 0.3) is 11.0 Å². The number of aliphatic hydroxyl groups excluding tert-OH is 1. The number of hydrogen-bond donors (Lipinski definition) is 2. The second-order valence-corrected chi connectivity index (χ2v) is 6.78. The van der Waals surface area contributed by atoms with Crippen LogP contribution in [0.1, 0.15) is 57.8 Å². The molecule has 0 saturated heterocycles. The highest BCUT2D eigenvalue weighted by Crippen LogP contribution is 2.24. The fourth-order valence-electron chi connectivity index (χ4n) is 3.32. The minimum absolute atomic E-state index is 0.180. The highest BCUT2D eigenvalue weighted by Gasteiger charge is 2.15. The summed E-state index contributed by atoms with van der Waals surface area (Å²) in [7, 11) is 0. The summed E-state index contributed by atoms with van der Waals surface area (Å²) in [5.74, 6) is 1.62. The maximum Gasteiger partial charge on any atom is 0.154 e. The molecule has 28 heavy (non-hydrogen) atoms. The average Bonchev–Trinajstić information content (AvgIpc) is 3.11. The van der Waals surface area contributed by atoms with Crippen LogP contribution in [-0.4, -0.2) is 32.3 Å². The molecule has 5 heteroatoms. The largest absolute Gasteiger partial charge is 0.396 e. The Morgan fingerprint density at radius 3 is 2.50 bits per heavy atom. The van der Waals surface area contributed by atoms with E-state index in [0.717, 1.165) is 54.9 Å². The van der Waals surface area contributed by atoms with Crippen molar-refractivity contribution in [2.75, 3.05) is 11.9 Å². The van der Waals surface area contributed by atoms with Crippen molar-refractivity contribution in [3.8, 4) is 0 Å². The van der Waals surface area contributed by atoms with Gasteiger partial charge in [0.2, 0.25) is 0 Å². The molecule has 0 bridgehead atoms. The Balaban J connectivity index is 0.00000136. The van der Waals surface area contributed by atoms with Crippen LogP contribution in [0, 0.1) is 6.92 Å². The van der Waals surface area contributed by atoms with Crippen LogP contribution in [-0.2, 0) is 6.54 Å².